The summed E-state index contributed by atoms with van der Waals surface area (Å²) in [5.41, 5.74) is 0. The third kappa shape index (κ3) is 0.792. The van der Waals surface area contributed by atoms with Gasteiger partial charge in [-0.3, -0.25) is 0 Å². The predicted molar refractivity (Wildman–Crippen MR) is 27.0 cm³/mol. The van der Waals surface area contributed by atoms with E-state index < -0.39 is 0 Å². The molecule has 0 N–H and O–H groups in total. The topological polar surface area (TPSA) is 9.23 Å². The SMILES string of the molecule is C1=CSC=CO1. The molecule has 0 aliphatic carbocycles. The van der Waals surface area contributed by atoms with E-state index in [-0.39, 0.29) is 0 Å². The monoisotopic (exact) mass is 100.0 g/mol. The van der Waals surface area contributed by atoms with Crippen molar-refractivity contribution in [3.8, 4) is 0 Å². The molecule has 0 aromatic rings. The molecule has 0 aromatic heterocycles. The van der Waals surface area contributed by atoms with Gasteiger partial charge in [-0.05, 0) is 0 Å². The van der Waals surface area contributed by atoms with Crippen molar-refractivity contribution in [2.24, 2.45) is 0 Å². The molecule has 0 bridgehead atoms. The molecule has 1 heterocycles. The van der Waals surface area contributed by atoms with Gasteiger partial charge >= 0.3 is 0 Å². The van der Waals surface area contributed by atoms with Gasteiger partial charge in [-0.15, -0.1) is 0 Å². The van der Waals surface area contributed by atoms with Crippen LogP contribution >= 0.6 is 11.8 Å². The summed E-state index contributed by atoms with van der Waals surface area (Å²) in [7, 11) is 0. The van der Waals surface area contributed by atoms with Crippen LogP contribution in [-0.2, 0) is 4.74 Å². The van der Waals surface area contributed by atoms with Crippen LogP contribution in [0.4, 0.5) is 0 Å². The van der Waals surface area contributed by atoms with Gasteiger partial charge in [0.25, 0.3) is 0 Å². The zero-order chi connectivity index (χ0) is 4.24. The maximum Gasteiger partial charge on any atom is 0.0968 e. The van der Waals surface area contributed by atoms with Crippen LogP contribution < -0.4 is 0 Å². The molecule has 0 radical (unpaired) electrons. The Kier molecular flexibility index (Phi) is 1.22. The second-order valence-electron chi connectivity index (χ2n) is 0.816. The molecule has 0 atom stereocenters. The zero-order valence-corrected chi connectivity index (χ0v) is 3.94. The molecular formula is C4H4OS. The normalized spacial score (nSPS) is 17.3. The minimum absolute atomic E-state index is 1.61. The van der Waals surface area contributed by atoms with E-state index in [1.165, 1.54) is 0 Å². The van der Waals surface area contributed by atoms with Crippen LogP contribution in [0.1, 0.15) is 0 Å². The molecule has 32 valence electrons. The first-order chi connectivity index (χ1) is 3.00. The van der Waals surface area contributed by atoms with Crippen molar-refractivity contribution >= 4 is 11.8 Å². The molecule has 1 aliphatic heterocycles. The van der Waals surface area contributed by atoms with E-state index in [2.05, 4.69) is 4.74 Å². The van der Waals surface area contributed by atoms with E-state index in [1.807, 2.05) is 10.8 Å². The van der Waals surface area contributed by atoms with Gasteiger partial charge in [-0.25, -0.2) is 0 Å². The van der Waals surface area contributed by atoms with Crippen molar-refractivity contribution in [1.82, 2.24) is 0 Å². The van der Waals surface area contributed by atoms with Crippen LogP contribution in [0.15, 0.2) is 23.3 Å². The average molecular weight is 100 g/mol. The van der Waals surface area contributed by atoms with E-state index in [0.717, 1.165) is 0 Å². The lowest BCUT2D eigenvalue weighted by Gasteiger charge is -1.91. The van der Waals surface area contributed by atoms with Crippen molar-refractivity contribution in [2.45, 2.75) is 0 Å². The second-order valence-corrected chi connectivity index (χ2v) is 1.63. The van der Waals surface area contributed by atoms with E-state index in [9.17, 15) is 0 Å². The van der Waals surface area contributed by atoms with Crippen LogP contribution in [0.5, 0.6) is 0 Å². The number of hydrogen-bond acceptors (Lipinski definition) is 2. The summed E-state index contributed by atoms with van der Waals surface area (Å²) < 4.78 is 4.69. The lowest BCUT2D eigenvalue weighted by molar-refractivity contribution is 0.404. The third-order valence-corrected chi connectivity index (χ3v) is 0.962. The number of rotatable bonds is 0. The first kappa shape index (κ1) is 3.81. The lowest BCUT2D eigenvalue weighted by Crippen LogP contribution is -1.65. The van der Waals surface area contributed by atoms with E-state index in [0.29, 0.717) is 0 Å². The Labute approximate surface area is 40.7 Å². The first-order valence-corrected chi connectivity index (χ1v) is 2.55. The molecule has 0 saturated carbocycles. The molecule has 0 saturated heterocycles. The standard InChI is InChI=1S/C4H4OS/c1-3-6-4-2-5-1/h1-4H. The number of hydrogen-bond donors (Lipinski definition) is 0. The van der Waals surface area contributed by atoms with Crippen molar-refractivity contribution in [3.05, 3.63) is 23.3 Å². The van der Waals surface area contributed by atoms with Gasteiger partial charge in [0.05, 0.1) is 12.5 Å². The second kappa shape index (κ2) is 1.92. The fraction of sp³-hybridized carbons (Fsp3) is 0. The highest BCUT2D eigenvalue weighted by molar-refractivity contribution is 8.04. The third-order valence-electron chi connectivity index (χ3n) is 0.425. The predicted octanol–water partition coefficient (Wildman–Crippen LogP) is 1.69. The van der Waals surface area contributed by atoms with Gasteiger partial charge in [-0.1, -0.05) is 11.8 Å². The molecule has 1 aliphatic rings. The Morgan fingerprint density at radius 1 is 1.17 bits per heavy atom. The van der Waals surface area contributed by atoms with Crippen molar-refractivity contribution < 1.29 is 4.74 Å². The highest BCUT2D eigenvalue weighted by Crippen LogP contribution is 2.07. The van der Waals surface area contributed by atoms with Gasteiger partial charge in [0, 0.05) is 10.8 Å². The first-order valence-electron chi connectivity index (χ1n) is 1.61. The summed E-state index contributed by atoms with van der Waals surface area (Å²) in [5.74, 6) is 0. The van der Waals surface area contributed by atoms with Crippen LogP contribution in [0.2, 0.25) is 0 Å². The maximum atomic E-state index is 4.69. The summed E-state index contributed by atoms with van der Waals surface area (Å²) >= 11 is 1.61. The molecule has 0 aromatic carbocycles. The Morgan fingerprint density at radius 3 is 2.00 bits per heavy atom. The molecule has 1 nitrogen and oxygen atoms in total. The maximum absolute atomic E-state index is 4.69. The quantitative estimate of drug-likeness (QED) is 0.458. The van der Waals surface area contributed by atoms with Gasteiger partial charge < -0.3 is 4.74 Å². The summed E-state index contributed by atoms with van der Waals surface area (Å²) in [6.45, 7) is 0. The van der Waals surface area contributed by atoms with E-state index in [1.54, 1.807) is 24.3 Å². The average Bonchev–Trinajstić information content (AvgIpc) is 1.72. The molecule has 0 fully saturated rings. The smallest absolute Gasteiger partial charge is 0.0968 e. The molecule has 0 spiro atoms. The summed E-state index contributed by atoms with van der Waals surface area (Å²) in [6.07, 6.45) is 3.29. The summed E-state index contributed by atoms with van der Waals surface area (Å²) in [5, 5.41) is 3.75. The Hall–Kier alpha value is -0.370. The van der Waals surface area contributed by atoms with Crippen molar-refractivity contribution in [3.63, 3.8) is 0 Å². The number of ether oxygens (including phenoxy) is 1. The minimum Gasteiger partial charge on any atom is -0.472 e. The molecule has 1 rings (SSSR count). The van der Waals surface area contributed by atoms with Gasteiger partial charge in [0.1, 0.15) is 0 Å². The lowest BCUT2D eigenvalue weighted by atomic mass is 11.0. The molecule has 2 heteroatoms. The van der Waals surface area contributed by atoms with Crippen LogP contribution in [0.3, 0.4) is 0 Å². The Bertz CT molecular complexity index is 65.5. The fourth-order valence-electron chi connectivity index (χ4n) is 0.219. The Morgan fingerprint density at radius 2 is 1.83 bits per heavy atom. The van der Waals surface area contributed by atoms with E-state index in [4.69, 9.17) is 0 Å². The van der Waals surface area contributed by atoms with E-state index >= 15 is 0 Å². The van der Waals surface area contributed by atoms with Gasteiger partial charge in [-0.2, -0.15) is 0 Å². The van der Waals surface area contributed by atoms with Gasteiger partial charge in [0.2, 0.25) is 0 Å². The van der Waals surface area contributed by atoms with Crippen LogP contribution in [0, 0.1) is 0 Å². The fourth-order valence-corrected chi connectivity index (χ4v) is 0.566. The van der Waals surface area contributed by atoms with Crippen molar-refractivity contribution in [2.75, 3.05) is 0 Å². The number of thioether (sulfide) groups is 1. The largest absolute Gasteiger partial charge is 0.472 e. The van der Waals surface area contributed by atoms with Crippen LogP contribution in [0.25, 0.3) is 0 Å². The molecule has 0 amide bonds. The molecule has 0 unspecified atom stereocenters. The molecule has 6 heavy (non-hydrogen) atoms. The highest BCUT2D eigenvalue weighted by Gasteiger charge is 1.76. The van der Waals surface area contributed by atoms with Gasteiger partial charge in [0.15, 0.2) is 0 Å². The van der Waals surface area contributed by atoms with Crippen molar-refractivity contribution in [1.29, 1.82) is 0 Å². The van der Waals surface area contributed by atoms with Crippen LogP contribution in [-0.4, -0.2) is 0 Å². The summed E-state index contributed by atoms with van der Waals surface area (Å²) in [6, 6.07) is 0. The summed E-state index contributed by atoms with van der Waals surface area (Å²) in [4.78, 5) is 0. The minimum atomic E-state index is 1.61. The zero-order valence-electron chi connectivity index (χ0n) is 3.13. The highest BCUT2D eigenvalue weighted by atomic mass is 32.2. The molecular weight excluding hydrogens is 96.1 g/mol. The Balaban J connectivity index is 2.40.